The van der Waals surface area contributed by atoms with Crippen LogP contribution in [0.1, 0.15) is 19.3 Å². The highest BCUT2D eigenvalue weighted by Crippen LogP contribution is 2.33. The van der Waals surface area contributed by atoms with Gasteiger partial charge in [-0.05, 0) is 12.8 Å². The lowest BCUT2D eigenvalue weighted by Crippen LogP contribution is -2.27. The van der Waals surface area contributed by atoms with E-state index >= 15 is 0 Å². The molecule has 1 aromatic heterocycles. The van der Waals surface area contributed by atoms with Crippen LogP contribution in [0.25, 0.3) is 0 Å². The van der Waals surface area contributed by atoms with Crippen molar-refractivity contribution >= 4 is 17.3 Å². The second-order valence-electron chi connectivity index (χ2n) is 4.41. The number of nitrogens with one attached hydrogen (secondary N) is 1. The van der Waals surface area contributed by atoms with Crippen LogP contribution < -0.4 is 10.2 Å². The van der Waals surface area contributed by atoms with Crippen LogP contribution in [0.4, 0.5) is 17.3 Å². The standard InChI is InChI=1S/C12H15N5O2/c1-14-11-7-10(17(18)19)8-12(15-11)16(6-2-5-13)9-3-4-9/h7-9H,2-4,6H2,1H3,(H,14,15). The molecule has 7 nitrogen and oxygen atoms in total. The molecule has 0 aromatic carbocycles. The maximum atomic E-state index is 10.9. The number of anilines is 2. The number of nitrogens with zero attached hydrogens (tertiary/aromatic N) is 4. The van der Waals surface area contributed by atoms with E-state index < -0.39 is 4.92 Å². The first-order chi connectivity index (χ1) is 9.15. The van der Waals surface area contributed by atoms with Crippen molar-refractivity contribution in [3.8, 4) is 6.07 Å². The Morgan fingerprint density at radius 1 is 1.63 bits per heavy atom. The van der Waals surface area contributed by atoms with E-state index in [9.17, 15) is 10.1 Å². The van der Waals surface area contributed by atoms with Crippen LogP contribution in [0.3, 0.4) is 0 Å². The molecule has 1 aromatic rings. The summed E-state index contributed by atoms with van der Waals surface area (Å²) in [6, 6.07) is 5.32. The van der Waals surface area contributed by atoms with Crippen LogP contribution in [0.15, 0.2) is 12.1 Å². The van der Waals surface area contributed by atoms with Gasteiger partial charge in [0.15, 0.2) is 0 Å². The summed E-state index contributed by atoms with van der Waals surface area (Å²) >= 11 is 0. The molecule has 7 heteroatoms. The minimum atomic E-state index is -0.429. The summed E-state index contributed by atoms with van der Waals surface area (Å²) in [4.78, 5) is 16.8. The molecule has 0 atom stereocenters. The van der Waals surface area contributed by atoms with Crippen LogP contribution in [0, 0.1) is 21.4 Å². The second kappa shape index (κ2) is 5.52. The van der Waals surface area contributed by atoms with Crippen molar-refractivity contribution in [1.82, 2.24) is 4.98 Å². The predicted molar refractivity (Wildman–Crippen MR) is 71.0 cm³/mol. The molecule has 100 valence electrons. The molecule has 1 aliphatic carbocycles. The van der Waals surface area contributed by atoms with Gasteiger partial charge >= 0.3 is 0 Å². The fourth-order valence-electron chi connectivity index (χ4n) is 1.92. The van der Waals surface area contributed by atoms with E-state index in [0.29, 0.717) is 30.6 Å². The molecule has 0 radical (unpaired) electrons. The Labute approximate surface area is 111 Å². The van der Waals surface area contributed by atoms with Crippen molar-refractivity contribution in [3.63, 3.8) is 0 Å². The third-order valence-corrected chi connectivity index (χ3v) is 3.01. The molecule has 1 aliphatic rings. The Bertz CT molecular complexity index is 521. The fourth-order valence-corrected chi connectivity index (χ4v) is 1.92. The zero-order valence-corrected chi connectivity index (χ0v) is 10.7. The molecule has 19 heavy (non-hydrogen) atoms. The highest BCUT2D eigenvalue weighted by Gasteiger charge is 2.30. The fraction of sp³-hybridized carbons (Fsp3) is 0.500. The second-order valence-corrected chi connectivity index (χ2v) is 4.41. The average molecular weight is 261 g/mol. The first kappa shape index (κ1) is 13.1. The SMILES string of the molecule is CNc1cc([N+](=O)[O-])cc(N(CCC#N)C2CC2)n1. The van der Waals surface area contributed by atoms with Crippen LogP contribution in [-0.2, 0) is 0 Å². The largest absolute Gasteiger partial charge is 0.373 e. The van der Waals surface area contributed by atoms with Crippen LogP contribution in [0.2, 0.25) is 0 Å². The maximum Gasteiger partial charge on any atom is 0.276 e. The summed E-state index contributed by atoms with van der Waals surface area (Å²) < 4.78 is 0. The molecule has 0 saturated heterocycles. The molecule has 0 aliphatic heterocycles. The first-order valence-corrected chi connectivity index (χ1v) is 6.13. The van der Waals surface area contributed by atoms with Gasteiger partial charge in [0.1, 0.15) is 11.6 Å². The van der Waals surface area contributed by atoms with E-state index in [1.54, 1.807) is 7.05 Å². The van der Waals surface area contributed by atoms with Crippen molar-refractivity contribution in [2.45, 2.75) is 25.3 Å². The summed E-state index contributed by atoms with van der Waals surface area (Å²) in [5, 5.41) is 22.4. The van der Waals surface area contributed by atoms with E-state index in [-0.39, 0.29) is 5.69 Å². The first-order valence-electron chi connectivity index (χ1n) is 6.13. The Balaban J connectivity index is 2.32. The highest BCUT2D eigenvalue weighted by molar-refractivity contribution is 5.56. The van der Waals surface area contributed by atoms with E-state index in [1.807, 2.05) is 4.90 Å². The van der Waals surface area contributed by atoms with Crippen molar-refractivity contribution < 1.29 is 4.92 Å². The summed E-state index contributed by atoms with van der Waals surface area (Å²) in [7, 11) is 1.67. The monoisotopic (exact) mass is 261 g/mol. The quantitative estimate of drug-likeness (QED) is 0.620. The number of hydrogen-bond donors (Lipinski definition) is 1. The smallest absolute Gasteiger partial charge is 0.276 e. The molecule has 1 heterocycles. The third-order valence-electron chi connectivity index (χ3n) is 3.01. The summed E-state index contributed by atoms with van der Waals surface area (Å²) in [5.41, 5.74) is 0.0111. The van der Waals surface area contributed by atoms with Gasteiger partial charge < -0.3 is 10.2 Å². The normalized spacial score (nSPS) is 13.7. The van der Waals surface area contributed by atoms with Crippen molar-refractivity contribution in [3.05, 3.63) is 22.2 Å². The summed E-state index contributed by atoms with van der Waals surface area (Å²) in [5.74, 6) is 1.03. The Kier molecular flexibility index (Phi) is 3.80. The molecular formula is C12H15N5O2. The van der Waals surface area contributed by atoms with Gasteiger partial charge in [0.2, 0.25) is 0 Å². The van der Waals surface area contributed by atoms with Gasteiger partial charge in [-0.15, -0.1) is 0 Å². The van der Waals surface area contributed by atoms with Gasteiger partial charge in [-0.2, -0.15) is 5.26 Å². The highest BCUT2D eigenvalue weighted by atomic mass is 16.6. The molecule has 0 unspecified atom stereocenters. The van der Waals surface area contributed by atoms with Gasteiger partial charge in [-0.1, -0.05) is 0 Å². The summed E-state index contributed by atoms with van der Waals surface area (Å²) in [6.07, 6.45) is 2.48. The number of nitro groups is 1. The van der Waals surface area contributed by atoms with Gasteiger partial charge in [0, 0.05) is 19.6 Å². The Hall–Kier alpha value is -2.36. The van der Waals surface area contributed by atoms with Crippen molar-refractivity contribution in [2.24, 2.45) is 0 Å². The van der Waals surface area contributed by atoms with Crippen LogP contribution in [-0.4, -0.2) is 29.5 Å². The molecule has 1 saturated carbocycles. The van der Waals surface area contributed by atoms with E-state index in [1.165, 1.54) is 12.1 Å². The van der Waals surface area contributed by atoms with Gasteiger partial charge in [0.05, 0.1) is 29.5 Å². The number of rotatable bonds is 6. The Morgan fingerprint density at radius 3 is 2.89 bits per heavy atom. The van der Waals surface area contributed by atoms with Crippen molar-refractivity contribution in [1.29, 1.82) is 5.26 Å². The van der Waals surface area contributed by atoms with Crippen molar-refractivity contribution in [2.75, 3.05) is 23.8 Å². The molecule has 0 spiro atoms. The zero-order chi connectivity index (χ0) is 13.8. The van der Waals surface area contributed by atoms with E-state index in [0.717, 1.165) is 12.8 Å². The lowest BCUT2D eigenvalue weighted by molar-refractivity contribution is -0.384. The van der Waals surface area contributed by atoms with E-state index in [4.69, 9.17) is 5.26 Å². The lowest BCUT2D eigenvalue weighted by Gasteiger charge is -2.22. The lowest BCUT2D eigenvalue weighted by atomic mass is 10.3. The minimum Gasteiger partial charge on any atom is -0.373 e. The van der Waals surface area contributed by atoms with Gasteiger partial charge in [-0.25, -0.2) is 4.98 Å². The number of hydrogen-bond acceptors (Lipinski definition) is 6. The van der Waals surface area contributed by atoms with Crippen LogP contribution in [0.5, 0.6) is 0 Å². The zero-order valence-electron chi connectivity index (χ0n) is 10.7. The van der Waals surface area contributed by atoms with E-state index in [2.05, 4.69) is 16.4 Å². The minimum absolute atomic E-state index is 0.0111. The van der Waals surface area contributed by atoms with Crippen LogP contribution >= 0.6 is 0 Å². The topological polar surface area (TPSA) is 95.1 Å². The van der Waals surface area contributed by atoms with Gasteiger partial charge in [-0.3, -0.25) is 10.1 Å². The Morgan fingerprint density at radius 2 is 2.37 bits per heavy atom. The number of pyridine rings is 1. The maximum absolute atomic E-state index is 10.9. The molecule has 0 amide bonds. The molecule has 2 rings (SSSR count). The molecular weight excluding hydrogens is 246 g/mol. The molecule has 1 N–H and O–H groups in total. The molecule has 0 bridgehead atoms. The summed E-state index contributed by atoms with van der Waals surface area (Å²) in [6.45, 7) is 0.554. The third kappa shape index (κ3) is 3.10. The molecule has 1 fully saturated rings. The number of aromatic nitrogens is 1. The van der Waals surface area contributed by atoms with Gasteiger partial charge in [0.25, 0.3) is 5.69 Å². The number of nitriles is 1. The predicted octanol–water partition coefficient (Wildman–Crippen LogP) is 1.91. The average Bonchev–Trinajstić information content (AvgIpc) is 3.23.